The molecule has 2 aromatic carbocycles. The zero-order valence-electron chi connectivity index (χ0n) is 15.1. The number of methoxy groups -OCH3 is 2. The van der Waals surface area contributed by atoms with Gasteiger partial charge in [0.25, 0.3) is 0 Å². The van der Waals surface area contributed by atoms with Gasteiger partial charge in [-0.2, -0.15) is 5.10 Å². The minimum absolute atomic E-state index is 0.705. The highest BCUT2D eigenvalue weighted by Gasteiger charge is 2.05. The van der Waals surface area contributed by atoms with Crippen LogP contribution in [-0.4, -0.2) is 27.0 Å². The fourth-order valence-electron chi connectivity index (χ4n) is 2.26. The minimum atomic E-state index is 0.705. The van der Waals surface area contributed by atoms with E-state index in [2.05, 4.69) is 17.5 Å². The molecular formula is C20H26N2O3. The summed E-state index contributed by atoms with van der Waals surface area (Å²) in [7, 11) is 3.29. The second-order valence-electron chi connectivity index (χ2n) is 5.56. The standard InChI is InChI=1S/C20H26N2O3/c1-4-5-6-13-25-19-12-7-16(14-20(19)24-3)15-21-22-17-8-10-18(23-2)11-9-17/h7-12,14-15,22H,4-6,13H2,1-3H3/b21-15+. The van der Waals surface area contributed by atoms with E-state index in [0.717, 1.165) is 29.2 Å². The van der Waals surface area contributed by atoms with Crippen molar-refractivity contribution in [3.8, 4) is 17.2 Å². The summed E-state index contributed by atoms with van der Waals surface area (Å²) >= 11 is 0. The molecule has 134 valence electrons. The van der Waals surface area contributed by atoms with Crippen molar-refractivity contribution in [2.45, 2.75) is 26.2 Å². The summed E-state index contributed by atoms with van der Waals surface area (Å²) in [6.45, 7) is 2.88. The van der Waals surface area contributed by atoms with Gasteiger partial charge in [-0.15, -0.1) is 0 Å². The van der Waals surface area contributed by atoms with Gasteiger partial charge >= 0.3 is 0 Å². The molecule has 0 heterocycles. The zero-order chi connectivity index (χ0) is 17.9. The van der Waals surface area contributed by atoms with E-state index in [1.54, 1.807) is 20.4 Å². The van der Waals surface area contributed by atoms with Crippen LogP contribution in [0.25, 0.3) is 0 Å². The molecule has 5 nitrogen and oxygen atoms in total. The lowest BCUT2D eigenvalue weighted by Gasteiger charge is -2.11. The van der Waals surface area contributed by atoms with E-state index in [-0.39, 0.29) is 0 Å². The van der Waals surface area contributed by atoms with Crippen LogP contribution in [0.1, 0.15) is 31.7 Å². The summed E-state index contributed by atoms with van der Waals surface area (Å²) in [5.74, 6) is 2.29. The van der Waals surface area contributed by atoms with Crippen LogP contribution in [0, 0.1) is 0 Å². The molecular weight excluding hydrogens is 316 g/mol. The lowest BCUT2D eigenvalue weighted by atomic mass is 10.2. The Kier molecular flexibility index (Phi) is 7.63. The summed E-state index contributed by atoms with van der Waals surface area (Å²) in [5, 5.41) is 4.25. The number of hydrogen-bond donors (Lipinski definition) is 1. The van der Waals surface area contributed by atoms with Gasteiger partial charge < -0.3 is 14.2 Å². The molecule has 25 heavy (non-hydrogen) atoms. The zero-order valence-corrected chi connectivity index (χ0v) is 15.1. The summed E-state index contributed by atoms with van der Waals surface area (Å²) in [6.07, 6.45) is 5.14. The number of ether oxygens (including phenoxy) is 3. The van der Waals surface area contributed by atoms with Crippen LogP contribution in [0.3, 0.4) is 0 Å². The molecule has 0 spiro atoms. The number of nitrogens with one attached hydrogen (secondary N) is 1. The summed E-state index contributed by atoms with van der Waals surface area (Å²) in [6, 6.07) is 13.4. The van der Waals surface area contributed by atoms with Gasteiger partial charge in [-0.3, -0.25) is 5.43 Å². The number of hydrogen-bond acceptors (Lipinski definition) is 5. The lowest BCUT2D eigenvalue weighted by molar-refractivity contribution is 0.286. The normalized spacial score (nSPS) is 10.7. The fraction of sp³-hybridized carbons (Fsp3) is 0.350. The van der Waals surface area contributed by atoms with Crippen LogP contribution >= 0.6 is 0 Å². The molecule has 5 heteroatoms. The van der Waals surface area contributed by atoms with Crippen LogP contribution in [0.2, 0.25) is 0 Å². The Balaban J connectivity index is 1.94. The Hall–Kier alpha value is -2.69. The molecule has 0 aliphatic heterocycles. The highest BCUT2D eigenvalue weighted by molar-refractivity contribution is 5.81. The third-order valence-electron chi connectivity index (χ3n) is 3.69. The van der Waals surface area contributed by atoms with Gasteiger partial charge in [0, 0.05) is 0 Å². The SMILES string of the molecule is CCCCCOc1ccc(/C=N/Nc2ccc(OC)cc2)cc1OC. The topological polar surface area (TPSA) is 52.1 Å². The fourth-order valence-corrected chi connectivity index (χ4v) is 2.26. The van der Waals surface area contributed by atoms with E-state index in [1.165, 1.54) is 12.8 Å². The Morgan fingerprint density at radius 1 is 0.960 bits per heavy atom. The molecule has 2 aromatic rings. The molecule has 0 bridgehead atoms. The van der Waals surface area contributed by atoms with Crippen LogP contribution in [0.5, 0.6) is 17.2 Å². The first-order valence-corrected chi connectivity index (χ1v) is 8.50. The predicted molar refractivity (Wildman–Crippen MR) is 102 cm³/mol. The third-order valence-corrected chi connectivity index (χ3v) is 3.69. The van der Waals surface area contributed by atoms with Gasteiger partial charge in [-0.05, 0) is 54.4 Å². The van der Waals surface area contributed by atoms with Gasteiger partial charge in [0.1, 0.15) is 5.75 Å². The van der Waals surface area contributed by atoms with Crippen LogP contribution in [-0.2, 0) is 0 Å². The maximum atomic E-state index is 5.78. The number of hydrazone groups is 1. The molecule has 0 amide bonds. The van der Waals surface area contributed by atoms with Crippen molar-refractivity contribution in [3.63, 3.8) is 0 Å². The molecule has 0 aliphatic carbocycles. The second kappa shape index (κ2) is 10.2. The Morgan fingerprint density at radius 2 is 1.76 bits per heavy atom. The Bertz CT molecular complexity index is 669. The van der Waals surface area contributed by atoms with Crippen molar-refractivity contribution in [1.29, 1.82) is 0 Å². The van der Waals surface area contributed by atoms with Crippen LogP contribution < -0.4 is 19.6 Å². The predicted octanol–water partition coefficient (Wildman–Crippen LogP) is 4.72. The Morgan fingerprint density at radius 3 is 2.44 bits per heavy atom. The smallest absolute Gasteiger partial charge is 0.161 e. The first-order chi connectivity index (χ1) is 12.3. The van der Waals surface area contributed by atoms with E-state index < -0.39 is 0 Å². The molecule has 0 saturated carbocycles. The van der Waals surface area contributed by atoms with Crippen molar-refractivity contribution < 1.29 is 14.2 Å². The molecule has 1 N–H and O–H groups in total. The third kappa shape index (κ3) is 6.03. The van der Waals surface area contributed by atoms with Crippen molar-refractivity contribution in [2.24, 2.45) is 5.10 Å². The molecule has 0 fully saturated rings. The molecule has 0 atom stereocenters. The van der Waals surface area contributed by atoms with E-state index in [4.69, 9.17) is 14.2 Å². The van der Waals surface area contributed by atoms with E-state index in [9.17, 15) is 0 Å². The van der Waals surface area contributed by atoms with E-state index >= 15 is 0 Å². The number of anilines is 1. The molecule has 2 rings (SSSR count). The van der Waals surface area contributed by atoms with Crippen molar-refractivity contribution >= 4 is 11.9 Å². The van der Waals surface area contributed by atoms with Gasteiger partial charge in [0.15, 0.2) is 11.5 Å². The van der Waals surface area contributed by atoms with Gasteiger partial charge in [-0.1, -0.05) is 19.8 Å². The van der Waals surface area contributed by atoms with Crippen LogP contribution in [0.4, 0.5) is 5.69 Å². The quantitative estimate of drug-likeness (QED) is 0.386. The van der Waals surface area contributed by atoms with E-state index in [0.29, 0.717) is 12.4 Å². The second-order valence-corrected chi connectivity index (χ2v) is 5.56. The molecule has 0 radical (unpaired) electrons. The lowest BCUT2D eigenvalue weighted by Crippen LogP contribution is -2.00. The largest absolute Gasteiger partial charge is 0.497 e. The number of benzene rings is 2. The monoisotopic (exact) mass is 342 g/mol. The summed E-state index contributed by atoms with van der Waals surface area (Å²) in [4.78, 5) is 0. The average Bonchev–Trinajstić information content (AvgIpc) is 2.66. The maximum absolute atomic E-state index is 5.78. The van der Waals surface area contributed by atoms with E-state index in [1.807, 2.05) is 42.5 Å². The van der Waals surface area contributed by atoms with Crippen LogP contribution in [0.15, 0.2) is 47.6 Å². The first-order valence-electron chi connectivity index (χ1n) is 8.50. The number of rotatable bonds is 10. The molecule has 0 aliphatic rings. The van der Waals surface area contributed by atoms with Crippen molar-refractivity contribution in [2.75, 3.05) is 26.3 Å². The number of unbranched alkanes of at least 4 members (excludes halogenated alkanes) is 2. The highest BCUT2D eigenvalue weighted by Crippen LogP contribution is 2.27. The molecule has 0 unspecified atom stereocenters. The summed E-state index contributed by atoms with van der Waals surface area (Å²) < 4.78 is 16.3. The number of nitrogens with zero attached hydrogens (tertiary/aromatic N) is 1. The average molecular weight is 342 g/mol. The maximum Gasteiger partial charge on any atom is 0.161 e. The first kappa shape index (κ1) is 18.6. The molecule has 0 aromatic heterocycles. The molecule has 0 saturated heterocycles. The highest BCUT2D eigenvalue weighted by atomic mass is 16.5. The summed E-state index contributed by atoms with van der Waals surface area (Å²) in [5.41, 5.74) is 4.80. The minimum Gasteiger partial charge on any atom is -0.497 e. The van der Waals surface area contributed by atoms with Crippen molar-refractivity contribution in [1.82, 2.24) is 0 Å². The Labute approximate surface area is 149 Å². The van der Waals surface area contributed by atoms with Gasteiger partial charge in [0.05, 0.1) is 32.7 Å². The van der Waals surface area contributed by atoms with Gasteiger partial charge in [-0.25, -0.2) is 0 Å². The van der Waals surface area contributed by atoms with Crippen molar-refractivity contribution in [3.05, 3.63) is 48.0 Å². The van der Waals surface area contributed by atoms with Gasteiger partial charge in [0.2, 0.25) is 0 Å².